The van der Waals surface area contributed by atoms with Crippen LogP contribution in [0.1, 0.15) is 38.5 Å². The van der Waals surface area contributed by atoms with Gasteiger partial charge in [-0.05, 0) is 25.2 Å². The van der Waals surface area contributed by atoms with Crippen LogP contribution < -0.4 is 0 Å². The topological polar surface area (TPSA) is 20.3 Å². The summed E-state index contributed by atoms with van der Waals surface area (Å²) in [5.41, 5.74) is 0. The highest BCUT2D eigenvalue weighted by atomic mass is 79.9. The third-order valence-electron chi connectivity index (χ3n) is 3.50. The first kappa shape index (κ1) is 10.5. The molecule has 0 aromatic rings. The molecule has 2 fully saturated rings. The van der Waals surface area contributed by atoms with Gasteiger partial charge in [0, 0.05) is 13.1 Å². The number of halogens is 1. The van der Waals surface area contributed by atoms with Gasteiger partial charge in [-0.1, -0.05) is 35.2 Å². The molecule has 0 aromatic heterocycles. The number of likely N-dealkylation sites (tertiary alicyclic amines) is 1. The van der Waals surface area contributed by atoms with Gasteiger partial charge in [0.2, 0.25) is 5.91 Å². The number of alkyl halides is 1. The van der Waals surface area contributed by atoms with Gasteiger partial charge in [0.1, 0.15) is 0 Å². The maximum Gasteiger partial charge on any atom is 0.236 e. The fourth-order valence-corrected chi connectivity index (χ4v) is 2.85. The molecule has 1 heterocycles. The van der Waals surface area contributed by atoms with Gasteiger partial charge in [0.15, 0.2) is 0 Å². The molecule has 3 heteroatoms. The van der Waals surface area contributed by atoms with Gasteiger partial charge < -0.3 is 4.90 Å². The summed E-state index contributed by atoms with van der Waals surface area (Å²) >= 11 is 3.44. The van der Waals surface area contributed by atoms with Crippen LogP contribution in [0.4, 0.5) is 0 Å². The van der Waals surface area contributed by atoms with Crippen molar-refractivity contribution < 1.29 is 4.79 Å². The number of carbonyl (C=O) groups excluding carboxylic acids is 1. The molecule has 1 unspecified atom stereocenters. The Hall–Kier alpha value is -0.0500. The number of hydrogen-bond donors (Lipinski definition) is 0. The predicted molar refractivity (Wildman–Crippen MR) is 60.5 cm³/mol. The first-order valence-corrected chi connectivity index (χ1v) is 6.62. The Balaban J connectivity index is 1.75. The highest BCUT2D eigenvalue weighted by molar-refractivity contribution is 9.10. The molecular formula is C11H18BrNO. The largest absolute Gasteiger partial charge is 0.342 e. The molecule has 0 spiro atoms. The fraction of sp³-hybridized carbons (Fsp3) is 0.909. The smallest absolute Gasteiger partial charge is 0.236 e. The average molecular weight is 260 g/mol. The van der Waals surface area contributed by atoms with E-state index >= 15 is 0 Å². The van der Waals surface area contributed by atoms with Crippen molar-refractivity contribution in [1.82, 2.24) is 4.90 Å². The van der Waals surface area contributed by atoms with Crippen LogP contribution in [0.2, 0.25) is 0 Å². The summed E-state index contributed by atoms with van der Waals surface area (Å²) in [6.07, 6.45) is 7.58. The van der Waals surface area contributed by atoms with Crippen molar-refractivity contribution in [2.45, 2.75) is 43.4 Å². The van der Waals surface area contributed by atoms with Gasteiger partial charge >= 0.3 is 0 Å². The third kappa shape index (κ3) is 2.30. The molecule has 2 rings (SSSR count). The maximum absolute atomic E-state index is 11.7. The second-order valence-electron chi connectivity index (χ2n) is 4.52. The Morgan fingerprint density at radius 3 is 2.71 bits per heavy atom. The number of amides is 1. The van der Waals surface area contributed by atoms with Gasteiger partial charge in [-0.25, -0.2) is 0 Å². The summed E-state index contributed by atoms with van der Waals surface area (Å²) in [4.78, 5) is 13.9. The van der Waals surface area contributed by atoms with Crippen molar-refractivity contribution >= 4 is 21.8 Å². The second kappa shape index (κ2) is 4.65. The predicted octanol–water partition coefficient (Wildman–Crippen LogP) is 2.56. The number of rotatable bonds is 3. The van der Waals surface area contributed by atoms with E-state index in [2.05, 4.69) is 15.9 Å². The van der Waals surface area contributed by atoms with E-state index in [1.165, 1.54) is 25.7 Å². The SMILES string of the molecule is O=C1C(Br)CCCN1CCC1CCC1. The third-order valence-corrected chi connectivity index (χ3v) is 4.35. The van der Waals surface area contributed by atoms with Gasteiger partial charge in [0.05, 0.1) is 4.83 Å². The van der Waals surface area contributed by atoms with Crippen molar-refractivity contribution in [3.8, 4) is 0 Å². The monoisotopic (exact) mass is 259 g/mol. The Morgan fingerprint density at radius 1 is 1.29 bits per heavy atom. The van der Waals surface area contributed by atoms with Crippen molar-refractivity contribution in [3.05, 3.63) is 0 Å². The summed E-state index contributed by atoms with van der Waals surface area (Å²) < 4.78 is 0. The highest BCUT2D eigenvalue weighted by Crippen LogP contribution is 2.30. The first-order valence-electron chi connectivity index (χ1n) is 5.70. The quantitative estimate of drug-likeness (QED) is 0.714. The van der Waals surface area contributed by atoms with Crippen LogP contribution >= 0.6 is 15.9 Å². The van der Waals surface area contributed by atoms with Crippen LogP contribution in [0.5, 0.6) is 0 Å². The number of piperidine rings is 1. The lowest BCUT2D eigenvalue weighted by molar-refractivity contribution is -0.132. The summed E-state index contributed by atoms with van der Waals surface area (Å²) in [7, 11) is 0. The molecule has 1 amide bonds. The minimum absolute atomic E-state index is 0.0950. The normalized spacial score (nSPS) is 29.1. The molecule has 2 nitrogen and oxygen atoms in total. The molecule has 0 aromatic carbocycles. The molecular weight excluding hydrogens is 242 g/mol. The molecule has 0 bridgehead atoms. The summed E-state index contributed by atoms with van der Waals surface area (Å²) in [6.45, 7) is 1.97. The Morgan fingerprint density at radius 2 is 2.07 bits per heavy atom. The van der Waals surface area contributed by atoms with Crippen LogP contribution in [0.25, 0.3) is 0 Å². The fourth-order valence-electron chi connectivity index (χ4n) is 2.24. The van der Waals surface area contributed by atoms with E-state index in [4.69, 9.17) is 0 Å². The van der Waals surface area contributed by atoms with Crippen LogP contribution in [0.15, 0.2) is 0 Å². The van der Waals surface area contributed by atoms with Gasteiger partial charge in [-0.2, -0.15) is 0 Å². The zero-order valence-corrected chi connectivity index (χ0v) is 10.1. The summed E-state index contributed by atoms with van der Waals surface area (Å²) in [5.74, 6) is 1.23. The van der Waals surface area contributed by atoms with E-state index in [0.29, 0.717) is 5.91 Å². The Bertz CT molecular complexity index is 215. The van der Waals surface area contributed by atoms with E-state index in [0.717, 1.165) is 31.8 Å². The molecule has 1 aliphatic carbocycles. The van der Waals surface area contributed by atoms with Gasteiger partial charge in [-0.15, -0.1) is 0 Å². The van der Waals surface area contributed by atoms with E-state index in [1.54, 1.807) is 0 Å². The lowest BCUT2D eigenvalue weighted by Gasteiger charge is -2.33. The molecule has 1 saturated heterocycles. The van der Waals surface area contributed by atoms with Crippen molar-refractivity contribution in [2.75, 3.05) is 13.1 Å². The number of carbonyl (C=O) groups is 1. The molecule has 80 valence electrons. The van der Waals surface area contributed by atoms with Crippen LogP contribution in [0, 0.1) is 5.92 Å². The first-order chi connectivity index (χ1) is 6.77. The second-order valence-corrected chi connectivity index (χ2v) is 5.63. The minimum atomic E-state index is 0.0950. The molecule has 1 saturated carbocycles. The Kier molecular flexibility index (Phi) is 3.47. The molecule has 2 aliphatic rings. The van der Waals surface area contributed by atoms with Crippen LogP contribution in [-0.2, 0) is 4.79 Å². The van der Waals surface area contributed by atoms with Crippen molar-refractivity contribution in [2.24, 2.45) is 5.92 Å². The van der Waals surface area contributed by atoms with E-state index < -0.39 is 0 Å². The minimum Gasteiger partial charge on any atom is -0.342 e. The molecule has 14 heavy (non-hydrogen) atoms. The van der Waals surface area contributed by atoms with E-state index in [9.17, 15) is 4.79 Å². The zero-order chi connectivity index (χ0) is 9.97. The number of nitrogens with zero attached hydrogens (tertiary/aromatic N) is 1. The molecule has 1 aliphatic heterocycles. The Labute approximate surface area is 94.2 Å². The van der Waals surface area contributed by atoms with Crippen molar-refractivity contribution in [3.63, 3.8) is 0 Å². The van der Waals surface area contributed by atoms with E-state index in [-0.39, 0.29) is 4.83 Å². The standard InChI is InChI=1S/C11H18BrNO/c12-10-5-2-7-13(11(10)14)8-6-9-3-1-4-9/h9-10H,1-8H2. The maximum atomic E-state index is 11.7. The van der Waals surface area contributed by atoms with Crippen LogP contribution in [-0.4, -0.2) is 28.7 Å². The lowest BCUT2D eigenvalue weighted by Crippen LogP contribution is -2.42. The van der Waals surface area contributed by atoms with E-state index in [1.807, 2.05) is 4.90 Å². The molecule has 0 N–H and O–H groups in total. The molecule has 1 atom stereocenters. The lowest BCUT2D eigenvalue weighted by atomic mass is 9.83. The van der Waals surface area contributed by atoms with Crippen LogP contribution in [0.3, 0.4) is 0 Å². The summed E-state index contributed by atoms with van der Waals surface area (Å²) in [5, 5.41) is 0. The van der Waals surface area contributed by atoms with Gasteiger partial charge in [-0.3, -0.25) is 4.79 Å². The van der Waals surface area contributed by atoms with Crippen molar-refractivity contribution in [1.29, 1.82) is 0 Å². The average Bonchev–Trinajstić information content (AvgIpc) is 2.09. The summed E-state index contributed by atoms with van der Waals surface area (Å²) in [6, 6.07) is 0. The van der Waals surface area contributed by atoms with Gasteiger partial charge in [0.25, 0.3) is 0 Å². The highest BCUT2D eigenvalue weighted by Gasteiger charge is 2.27. The molecule has 0 radical (unpaired) electrons. The number of hydrogen-bond acceptors (Lipinski definition) is 1. The zero-order valence-electron chi connectivity index (χ0n) is 8.54.